The molecule has 17 heavy (non-hydrogen) atoms. The maximum absolute atomic E-state index is 12.8. The number of amides is 1. The Bertz CT molecular complexity index is 421. The number of nitrogens with one attached hydrogen (secondary N) is 2. The van der Waals surface area contributed by atoms with Gasteiger partial charge in [-0.3, -0.25) is 4.79 Å². The van der Waals surface area contributed by atoms with E-state index < -0.39 is 11.4 Å². The van der Waals surface area contributed by atoms with Crippen LogP contribution in [0.1, 0.15) is 20.8 Å². The van der Waals surface area contributed by atoms with Crippen molar-refractivity contribution in [2.75, 3.05) is 11.9 Å². The molecule has 0 aromatic heterocycles. The molecule has 3 nitrogen and oxygen atoms in total. The molecule has 0 atom stereocenters. The normalized spacial score (nSPS) is 11.4. The highest BCUT2D eigenvalue weighted by molar-refractivity contribution is 6.33. The molecule has 0 aliphatic rings. The largest absolute Gasteiger partial charge is 0.323 e. The molecule has 0 fully saturated rings. The van der Waals surface area contributed by atoms with Gasteiger partial charge in [0, 0.05) is 0 Å². The molecule has 5 heteroatoms. The smallest absolute Gasteiger partial charge is 0.244 e. The third-order valence-electron chi connectivity index (χ3n) is 2.37. The third kappa shape index (κ3) is 3.68. The van der Waals surface area contributed by atoms with Crippen LogP contribution in [0, 0.1) is 5.82 Å². The van der Waals surface area contributed by atoms with Crippen LogP contribution >= 0.6 is 11.6 Å². The van der Waals surface area contributed by atoms with Crippen molar-refractivity contribution in [2.24, 2.45) is 0 Å². The van der Waals surface area contributed by atoms with Crippen molar-refractivity contribution >= 4 is 23.2 Å². The SMILES string of the molecule is CCNC(C)(C)C(=O)Nc1ccc(F)cc1Cl. The predicted molar refractivity (Wildman–Crippen MR) is 67.8 cm³/mol. The van der Waals surface area contributed by atoms with E-state index in [4.69, 9.17) is 11.6 Å². The summed E-state index contributed by atoms with van der Waals surface area (Å²) in [5.74, 6) is -0.646. The molecule has 1 aromatic carbocycles. The van der Waals surface area contributed by atoms with E-state index in [-0.39, 0.29) is 10.9 Å². The summed E-state index contributed by atoms with van der Waals surface area (Å²) >= 11 is 5.83. The molecule has 0 heterocycles. The fourth-order valence-corrected chi connectivity index (χ4v) is 1.61. The lowest BCUT2D eigenvalue weighted by atomic mass is 10.0. The molecule has 0 bridgehead atoms. The lowest BCUT2D eigenvalue weighted by Gasteiger charge is -2.24. The van der Waals surface area contributed by atoms with Gasteiger partial charge >= 0.3 is 0 Å². The summed E-state index contributed by atoms with van der Waals surface area (Å²) in [5.41, 5.74) is -0.295. The Labute approximate surface area is 105 Å². The molecular weight excluding hydrogens is 243 g/mol. The number of carbonyl (C=O) groups excluding carboxylic acids is 1. The van der Waals surface area contributed by atoms with Crippen molar-refractivity contribution < 1.29 is 9.18 Å². The van der Waals surface area contributed by atoms with Crippen LogP contribution in [0.2, 0.25) is 5.02 Å². The van der Waals surface area contributed by atoms with E-state index in [0.717, 1.165) is 6.07 Å². The Morgan fingerprint density at radius 2 is 2.12 bits per heavy atom. The highest BCUT2D eigenvalue weighted by Crippen LogP contribution is 2.23. The van der Waals surface area contributed by atoms with Crippen molar-refractivity contribution in [1.82, 2.24) is 5.32 Å². The van der Waals surface area contributed by atoms with Crippen LogP contribution in [-0.2, 0) is 4.79 Å². The molecule has 0 radical (unpaired) electrons. The van der Waals surface area contributed by atoms with E-state index in [1.165, 1.54) is 12.1 Å². The summed E-state index contributed by atoms with van der Waals surface area (Å²) in [6.07, 6.45) is 0. The van der Waals surface area contributed by atoms with Crippen LogP contribution in [0.3, 0.4) is 0 Å². The second kappa shape index (κ2) is 5.47. The quantitative estimate of drug-likeness (QED) is 0.872. The standard InChI is InChI=1S/C12H16ClFN2O/c1-4-15-12(2,3)11(17)16-10-6-5-8(14)7-9(10)13/h5-7,15H,4H2,1-3H3,(H,16,17). The molecule has 0 unspecified atom stereocenters. The molecule has 2 N–H and O–H groups in total. The Balaban J connectivity index is 2.81. The molecule has 1 rings (SSSR count). The molecule has 94 valence electrons. The fraction of sp³-hybridized carbons (Fsp3) is 0.417. The monoisotopic (exact) mass is 258 g/mol. The average Bonchev–Trinajstić information content (AvgIpc) is 2.22. The van der Waals surface area contributed by atoms with E-state index in [1.54, 1.807) is 13.8 Å². The number of rotatable bonds is 4. The minimum Gasteiger partial charge on any atom is -0.323 e. The number of halogens is 2. The van der Waals surface area contributed by atoms with Gasteiger partial charge in [-0.25, -0.2) is 4.39 Å². The molecular formula is C12H16ClFN2O. The molecule has 0 saturated heterocycles. The van der Waals surface area contributed by atoms with Crippen molar-refractivity contribution in [2.45, 2.75) is 26.3 Å². The Morgan fingerprint density at radius 1 is 1.47 bits per heavy atom. The van der Waals surface area contributed by atoms with Crippen molar-refractivity contribution in [3.63, 3.8) is 0 Å². The lowest BCUT2D eigenvalue weighted by molar-refractivity contribution is -0.121. The zero-order valence-electron chi connectivity index (χ0n) is 10.1. The van der Waals surface area contributed by atoms with E-state index >= 15 is 0 Å². The summed E-state index contributed by atoms with van der Waals surface area (Å²) in [6, 6.07) is 3.86. The van der Waals surface area contributed by atoms with Crippen molar-refractivity contribution in [1.29, 1.82) is 0 Å². The summed E-state index contributed by atoms with van der Waals surface area (Å²) in [5, 5.41) is 5.89. The van der Waals surface area contributed by atoms with Gasteiger partial charge in [0.15, 0.2) is 0 Å². The highest BCUT2D eigenvalue weighted by Gasteiger charge is 2.26. The summed E-state index contributed by atoms with van der Waals surface area (Å²) in [6.45, 7) is 6.13. The number of anilines is 1. The minimum atomic E-state index is -0.702. The van der Waals surface area contributed by atoms with Gasteiger partial charge < -0.3 is 10.6 Å². The van der Waals surface area contributed by atoms with Gasteiger partial charge in [0.2, 0.25) is 5.91 Å². The number of hydrogen-bond acceptors (Lipinski definition) is 2. The van der Waals surface area contributed by atoms with Gasteiger partial charge in [0.25, 0.3) is 0 Å². The van der Waals surface area contributed by atoms with Gasteiger partial charge in [0.1, 0.15) is 5.82 Å². The van der Waals surface area contributed by atoms with Crippen LogP contribution in [0.25, 0.3) is 0 Å². The van der Waals surface area contributed by atoms with Crippen LogP contribution in [0.15, 0.2) is 18.2 Å². The highest BCUT2D eigenvalue weighted by atomic mass is 35.5. The number of benzene rings is 1. The van der Waals surface area contributed by atoms with Gasteiger partial charge in [-0.1, -0.05) is 18.5 Å². The lowest BCUT2D eigenvalue weighted by Crippen LogP contribution is -2.49. The van der Waals surface area contributed by atoms with Crippen LogP contribution in [0.5, 0.6) is 0 Å². The summed E-state index contributed by atoms with van der Waals surface area (Å²) < 4.78 is 12.8. The topological polar surface area (TPSA) is 41.1 Å². The number of hydrogen-bond donors (Lipinski definition) is 2. The van der Waals surface area contributed by atoms with E-state index in [1.807, 2.05) is 6.92 Å². The van der Waals surface area contributed by atoms with Crippen molar-refractivity contribution in [3.8, 4) is 0 Å². The van der Waals surface area contributed by atoms with Crippen LogP contribution in [0.4, 0.5) is 10.1 Å². The van der Waals surface area contributed by atoms with Crippen LogP contribution in [-0.4, -0.2) is 18.0 Å². The predicted octanol–water partition coefficient (Wildman–Crippen LogP) is 2.81. The molecule has 1 aromatic rings. The molecule has 1 amide bonds. The first-order valence-electron chi connectivity index (χ1n) is 5.38. The summed E-state index contributed by atoms with van der Waals surface area (Å²) in [7, 11) is 0. The Kier molecular flexibility index (Phi) is 4.48. The molecule has 0 spiro atoms. The van der Waals surface area contributed by atoms with E-state index in [9.17, 15) is 9.18 Å². The molecule has 0 aliphatic carbocycles. The second-order valence-corrected chi connectivity index (χ2v) is 4.64. The van der Waals surface area contributed by atoms with Gasteiger partial charge in [-0.05, 0) is 38.6 Å². The van der Waals surface area contributed by atoms with E-state index in [0.29, 0.717) is 12.2 Å². The van der Waals surface area contributed by atoms with E-state index in [2.05, 4.69) is 10.6 Å². The maximum atomic E-state index is 12.8. The zero-order valence-corrected chi connectivity index (χ0v) is 10.9. The first-order chi connectivity index (χ1) is 7.86. The summed E-state index contributed by atoms with van der Waals surface area (Å²) in [4.78, 5) is 11.9. The minimum absolute atomic E-state index is 0.186. The third-order valence-corrected chi connectivity index (χ3v) is 2.68. The number of likely N-dealkylation sites (N-methyl/N-ethyl adjacent to an activating group) is 1. The first-order valence-corrected chi connectivity index (χ1v) is 5.76. The average molecular weight is 259 g/mol. The molecule has 0 saturated carbocycles. The van der Waals surface area contributed by atoms with Gasteiger partial charge in [-0.15, -0.1) is 0 Å². The Hall–Kier alpha value is -1.13. The fourth-order valence-electron chi connectivity index (χ4n) is 1.39. The van der Waals surface area contributed by atoms with Crippen LogP contribution < -0.4 is 10.6 Å². The van der Waals surface area contributed by atoms with Gasteiger partial charge in [-0.2, -0.15) is 0 Å². The number of carbonyl (C=O) groups is 1. The molecule has 0 aliphatic heterocycles. The first kappa shape index (κ1) is 13.9. The maximum Gasteiger partial charge on any atom is 0.244 e. The second-order valence-electron chi connectivity index (χ2n) is 4.23. The Morgan fingerprint density at radius 3 is 2.65 bits per heavy atom. The zero-order chi connectivity index (χ0) is 13.1. The van der Waals surface area contributed by atoms with Gasteiger partial charge in [0.05, 0.1) is 16.2 Å². The van der Waals surface area contributed by atoms with Crippen molar-refractivity contribution in [3.05, 3.63) is 29.0 Å².